The molecule has 0 bridgehead atoms. The van der Waals surface area contributed by atoms with Gasteiger partial charge in [-0.2, -0.15) is 0 Å². The molecule has 0 saturated carbocycles. The van der Waals surface area contributed by atoms with Gasteiger partial charge in [0.05, 0.1) is 12.4 Å². The summed E-state index contributed by atoms with van der Waals surface area (Å²) in [5.74, 6) is 0.724. The molecule has 0 fully saturated rings. The second kappa shape index (κ2) is 6.04. The van der Waals surface area contributed by atoms with E-state index in [1.165, 1.54) is 5.56 Å². The molecule has 0 aliphatic heterocycles. The molecule has 2 unspecified atom stereocenters. The molecule has 0 aliphatic rings. The maximum absolute atomic E-state index is 10.6. The fraction of sp³-hybridized carbons (Fsp3) is 0.375. The monoisotopic (exact) mass is 259 g/mol. The SMILES string of the molecule is CCc1occc1C(O)C(CN)c1cccc(C)c1. The van der Waals surface area contributed by atoms with Crippen LogP contribution in [0.5, 0.6) is 0 Å². The fourth-order valence-electron chi connectivity index (χ4n) is 2.47. The molecule has 2 atom stereocenters. The van der Waals surface area contributed by atoms with Crippen LogP contribution in [0.25, 0.3) is 0 Å². The molecule has 1 aromatic heterocycles. The molecule has 1 heterocycles. The first-order valence-electron chi connectivity index (χ1n) is 6.68. The predicted molar refractivity (Wildman–Crippen MR) is 76.0 cm³/mol. The van der Waals surface area contributed by atoms with Crippen molar-refractivity contribution in [3.05, 3.63) is 59.0 Å². The van der Waals surface area contributed by atoms with E-state index in [9.17, 15) is 5.11 Å². The highest BCUT2D eigenvalue weighted by atomic mass is 16.3. The first kappa shape index (κ1) is 13.8. The standard InChI is InChI=1S/C16H21NO2/c1-3-15-13(7-8-19-15)16(18)14(10-17)12-6-4-5-11(2)9-12/h4-9,14,16,18H,3,10,17H2,1-2H3. The van der Waals surface area contributed by atoms with Gasteiger partial charge in [-0.05, 0) is 18.6 Å². The Morgan fingerprint density at radius 1 is 1.32 bits per heavy atom. The highest BCUT2D eigenvalue weighted by Crippen LogP contribution is 2.33. The summed E-state index contributed by atoms with van der Waals surface area (Å²) in [5.41, 5.74) is 8.95. The maximum atomic E-state index is 10.6. The minimum absolute atomic E-state index is 0.109. The third-order valence-electron chi connectivity index (χ3n) is 3.52. The van der Waals surface area contributed by atoms with E-state index in [1.807, 2.05) is 38.1 Å². The largest absolute Gasteiger partial charge is 0.469 e. The number of aliphatic hydroxyl groups is 1. The van der Waals surface area contributed by atoms with Gasteiger partial charge in [0.15, 0.2) is 0 Å². The summed E-state index contributed by atoms with van der Waals surface area (Å²) in [4.78, 5) is 0. The second-order valence-electron chi connectivity index (χ2n) is 4.85. The van der Waals surface area contributed by atoms with Gasteiger partial charge in [-0.3, -0.25) is 0 Å². The Labute approximate surface area is 114 Å². The fourth-order valence-corrected chi connectivity index (χ4v) is 2.47. The number of furan rings is 1. The van der Waals surface area contributed by atoms with Crippen LogP contribution in [0, 0.1) is 6.92 Å². The predicted octanol–water partition coefficient (Wildman–Crippen LogP) is 2.93. The Morgan fingerprint density at radius 3 is 2.74 bits per heavy atom. The number of nitrogens with two attached hydrogens (primary N) is 1. The summed E-state index contributed by atoms with van der Waals surface area (Å²) < 4.78 is 5.39. The summed E-state index contributed by atoms with van der Waals surface area (Å²) in [6, 6.07) is 9.96. The van der Waals surface area contributed by atoms with Crippen molar-refractivity contribution in [1.82, 2.24) is 0 Å². The van der Waals surface area contributed by atoms with Crippen LogP contribution in [0.2, 0.25) is 0 Å². The molecule has 3 heteroatoms. The van der Waals surface area contributed by atoms with Gasteiger partial charge in [0, 0.05) is 24.4 Å². The van der Waals surface area contributed by atoms with Crippen LogP contribution >= 0.6 is 0 Å². The molecule has 0 aliphatic carbocycles. The van der Waals surface area contributed by atoms with Gasteiger partial charge in [0.25, 0.3) is 0 Å². The molecule has 0 spiro atoms. The van der Waals surface area contributed by atoms with Crippen molar-refractivity contribution in [2.24, 2.45) is 5.73 Å². The lowest BCUT2D eigenvalue weighted by molar-refractivity contribution is 0.145. The van der Waals surface area contributed by atoms with Gasteiger partial charge in [-0.15, -0.1) is 0 Å². The van der Waals surface area contributed by atoms with E-state index in [4.69, 9.17) is 10.2 Å². The lowest BCUT2D eigenvalue weighted by atomic mass is 9.88. The minimum atomic E-state index is -0.625. The molecule has 2 aromatic rings. The molecule has 102 valence electrons. The Bertz CT molecular complexity index is 533. The van der Waals surface area contributed by atoms with Crippen molar-refractivity contribution in [1.29, 1.82) is 0 Å². The first-order chi connectivity index (χ1) is 9.17. The Kier molecular flexibility index (Phi) is 4.40. The first-order valence-corrected chi connectivity index (χ1v) is 6.68. The molecular weight excluding hydrogens is 238 g/mol. The van der Waals surface area contributed by atoms with Crippen LogP contribution in [0.1, 0.15) is 41.4 Å². The third kappa shape index (κ3) is 2.88. The number of rotatable bonds is 5. The van der Waals surface area contributed by atoms with E-state index in [0.717, 1.165) is 23.3 Å². The van der Waals surface area contributed by atoms with Crippen LogP contribution in [-0.2, 0) is 6.42 Å². The van der Waals surface area contributed by atoms with Crippen molar-refractivity contribution in [3.8, 4) is 0 Å². The molecule has 0 radical (unpaired) electrons. The average Bonchev–Trinajstić information content (AvgIpc) is 2.87. The highest BCUT2D eigenvalue weighted by Gasteiger charge is 2.24. The Balaban J connectivity index is 2.32. The van der Waals surface area contributed by atoms with Crippen molar-refractivity contribution in [2.45, 2.75) is 32.3 Å². The Morgan fingerprint density at radius 2 is 2.11 bits per heavy atom. The van der Waals surface area contributed by atoms with Crippen molar-refractivity contribution in [2.75, 3.05) is 6.54 Å². The van der Waals surface area contributed by atoms with Gasteiger partial charge in [0.2, 0.25) is 0 Å². The number of hydrogen-bond donors (Lipinski definition) is 2. The van der Waals surface area contributed by atoms with Gasteiger partial charge < -0.3 is 15.3 Å². The zero-order valence-corrected chi connectivity index (χ0v) is 11.5. The third-order valence-corrected chi connectivity index (χ3v) is 3.52. The summed E-state index contributed by atoms with van der Waals surface area (Å²) >= 11 is 0. The van der Waals surface area contributed by atoms with E-state index < -0.39 is 6.10 Å². The topological polar surface area (TPSA) is 59.4 Å². The van der Waals surface area contributed by atoms with Crippen LogP contribution in [0.15, 0.2) is 41.0 Å². The zero-order valence-electron chi connectivity index (χ0n) is 11.5. The molecule has 0 saturated heterocycles. The number of aliphatic hydroxyl groups excluding tert-OH is 1. The van der Waals surface area contributed by atoms with E-state index in [1.54, 1.807) is 6.26 Å². The molecule has 0 amide bonds. The summed E-state index contributed by atoms with van der Waals surface area (Å²) in [7, 11) is 0. The minimum Gasteiger partial charge on any atom is -0.469 e. The number of hydrogen-bond acceptors (Lipinski definition) is 3. The normalized spacial score (nSPS) is 14.3. The molecular formula is C16H21NO2. The van der Waals surface area contributed by atoms with E-state index in [-0.39, 0.29) is 5.92 Å². The van der Waals surface area contributed by atoms with Gasteiger partial charge in [0.1, 0.15) is 5.76 Å². The summed E-state index contributed by atoms with van der Waals surface area (Å²) in [5, 5.41) is 10.6. The van der Waals surface area contributed by atoms with Crippen LogP contribution < -0.4 is 5.73 Å². The number of benzene rings is 1. The van der Waals surface area contributed by atoms with Crippen LogP contribution in [-0.4, -0.2) is 11.7 Å². The lowest BCUT2D eigenvalue weighted by Crippen LogP contribution is -2.20. The average molecular weight is 259 g/mol. The molecule has 3 N–H and O–H groups in total. The van der Waals surface area contributed by atoms with Crippen molar-refractivity contribution < 1.29 is 9.52 Å². The van der Waals surface area contributed by atoms with Gasteiger partial charge >= 0.3 is 0 Å². The Hall–Kier alpha value is -1.58. The van der Waals surface area contributed by atoms with E-state index >= 15 is 0 Å². The van der Waals surface area contributed by atoms with Gasteiger partial charge in [-0.25, -0.2) is 0 Å². The lowest BCUT2D eigenvalue weighted by Gasteiger charge is -2.22. The smallest absolute Gasteiger partial charge is 0.109 e. The maximum Gasteiger partial charge on any atom is 0.109 e. The van der Waals surface area contributed by atoms with Crippen molar-refractivity contribution in [3.63, 3.8) is 0 Å². The van der Waals surface area contributed by atoms with Gasteiger partial charge in [-0.1, -0.05) is 36.8 Å². The number of aryl methyl sites for hydroxylation is 2. The molecule has 2 rings (SSSR count). The summed E-state index contributed by atoms with van der Waals surface area (Å²) in [6.45, 7) is 4.46. The second-order valence-corrected chi connectivity index (χ2v) is 4.85. The van der Waals surface area contributed by atoms with Crippen molar-refractivity contribution >= 4 is 0 Å². The van der Waals surface area contributed by atoms with Crippen LogP contribution in [0.4, 0.5) is 0 Å². The summed E-state index contributed by atoms with van der Waals surface area (Å²) in [6.07, 6.45) is 1.77. The molecule has 3 nitrogen and oxygen atoms in total. The van der Waals surface area contributed by atoms with E-state index in [2.05, 4.69) is 6.07 Å². The van der Waals surface area contributed by atoms with Crippen LogP contribution in [0.3, 0.4) is 0 Å². The zero-order chi connectivity index (χ0) is 13.8. The molecule has 19 heavy (non-hydrogen) atoms. The quantitative estimate of drug-likeness (QED) is 0.868. The highest BCUT2D eigenvalue weighted by molar-refractivity contribution is 5.31. The molecule has 1 aromatic carbocycles. The van der Waals surface area contributed by atoms with E-state index in [0.29, 0.717) is 6.54 Å².